The zero-order chi connectivity index (χ0) is 43.6. The largest absolute Gasteiger partial charge is 0.248 e. The Morgan fingerprint density at radius 3 is 0.955 bits per heavy atom. The number of nitrogens with zero attached hydrogens (tertiary/aromatic N) is 1. The molecule has 13 rings (SSSR count). The molecule has 0 aliphatic carbocycles. The molecule has 0 aliphatic rings. The van der Waals surface area contributed by atoms with E-state index < -0.39 is 0 Å². The lowest BCUT2D eigenvalue weighted by Crippen LogP contribution is -1.93. The summed E-state index contributed by atoms with van der Waals surface area (Å²) in [6.07, 6.45) is 0. The summed E-state index contributed by atoms with van der Waals surface area (Å²) in [7, 11) is 0. The first kappa shape index (κ1) is 37.9. The lowest BCUT2D eigenvalue weighted by molar-refractivity contribution is 1.33. The number of pyridine rings is 1. The van der Waals surface area contributed by atoms with Gasteiger partial charge in [-0.2, -0.15) is 0 Å². The van der Waals surface area contributed by atoms with Crippen LogP contribution in [0.3, 0.4) is 0 Å². The number of hydrogen-bond acceptors (Lipinski definition) is 1. The smallest absolute Gasteiger partial charge is 0.0715 e. The molecular weight excluding hydrogens is 795 g/mol. The molecule has 1 nitrogen and oxygen atoms in total. The third-order valence-corrected chi connectivity index (χ3v) is 13.6. The molecule has 0 atom stereocenters. The van der Waals surface area contributed by atoms with Crippen LogP contribution in [0.2, 0.25) is 0 Å². The van der Waals surface area contributed by atoms with Gasteiger partial charge in [0.15, 0.2) is 0 Å². The molecule has 0 saturated carbocycles. The highest BCUT2D eigenvalue weighted by Crippen LogP contribution is 2.46. The molecule has 0 aliphatic heterocycles. The van der Waals surface area contributed by atoms with Crippen molar-refractivity contribution in [2.45, 2.75) is 0 Å². The zero-order valence-corrected chi connectivity index (χ0v) is 36.1. The van der Waals surface area contributed by atoms with Gasteiger partial charge in [-0.25, -0.2) is 4.98 Å². The fraction of sp³-hybridized carbons (Fsp3) is 0. The fourth-order valence-corrected chi connectivity index (χ4v) is 10.2. The Morgan fingerprint density at radius 2 is 0.500 bits per heavy atom. The second-order valence-electron chi connectivity index (χ2n) is 17.5. The normalized spacial score (nSPS) is 11.6. The molecule has 0 radical (unpaired) electrons. The van der Waals surface area contributed by atoms with E-state index >= 15 is 0 Å². The SMILES string of the molecule is c1ccc2cc(-c3cc(-c4ccc(-c5ccc6c(-c7ccc8ccccc8c7)c7ccccc7c(-c7ccc8ccccc8c7)c6c5)cc4)cc(-c4ccc5ccccc5c4)n3)ccc2c1. The van der Waals surface area contributed by atoms with Crippen LogP contribution >= 0.6 is 0 Å². The third kappa shape index (κ3) is 6.60. The minimum absolute atomic E-state index is 0.954. The van der Waals surface area contributed by atoms with E-state index in [1.807, 2.05) is 0 Å². The lowest BCUT2D eigenvalue weighted by atomic mass is 9.84. The third-order valence-electron chi connectivity index (χ3n) is 13.6. The monoisotopic (exact) mass is 835 g/mol. The molecule has 0 spiro atoms. The summed E-state index contributed by atoms with van der Waals surface area (Å²) >= 11 is 0. The Balaban J connectivity index is 0.972. The molecule has 0 saturated heterocycles. The predicted octanol–water partition coefficient (Wildman–Crippen LogP) is 18.0. The van der Waals surface area contributed by atoms with Crippen LogP contribution in [0.1, 0.15) is 0 Å². The molecule has 0 amide bonds. The summed E-state index contributed by atoms with van der Waals surface area (Å²) in [5, 5.41) is 14.8. The van der Waals surface area contributed by atoms with Crippen molar-refractivity contribution < 1.29 is 0 Å². The molecule has 0 bridgehead atoms. The quantitative estimate of drug-likeness (QED) is 0.152. The van der Waals surface area contributed by atoms with Crippen LogP contribution in [0.15, 0.2) is 249 Å². The maximum absolute atomic E-state index is 5.32. The Bertz CT molecular complexity index is 3950. The highest BCUT2D eigenvalue weighted by molar-refractivity contribution is 6.22. The molecule has 1 heterocycles. The molecule has 0 unspecified atom stereocenters. The summed E-state index contributed by atoms with van der Waals surface area (Å²) in [4.78, 5) is 5.32. The van der Waals surface area contributed by atoms with E-state index in [9.17, 15) is 0 Å². The molecule has 0 fully saturated rings. The highest BCUT2D eigenvalue weighted by Gasteiger charge is 2.19. The summed E-state index contributed by atoms with van der Waals surface area (Å²) in [6.45, 7) is 0. The molecule has 12 aromatic carbocycles. The summed E-state index contributed by atoms with van der Waals surface area (Å²) in [5.74, 6) is 0. The molecular formula is C65H41N. The summed E-state index contributed by atoms with van der Waals surface area (Å²) < 4.78 is 0. The predicted molar refractivity (Wildman–Crippen MR) is 282 cm³/mol. The number of fused-ring (bicyclic) bond motifs is 6. The van der Waals surface area contributed by atoms with Crippen molar-refractivity contribution >= 4 is 64.6 Å². The van der Waals surface area contributed by atoms with E-state index in [-0.39, 0.29) is 0 Å². The number of benzene rings is 12. The lowest BCUT2D eigenvalue weighted by Gasteiger charge is -2.19. The Kier molecular flexibility index (Phi) is 8.92. The first-order chi connectivity index (χ1) is 32.7. The van der Waals surface area contributed by atoms with E-state index in [0.29, 0.717) is 0 Å². The van der Waals surface area contributed by atoms with Gasteiger partial charge in [0.1, 0.15) is 0 Å². The van der Waals surface area contributed by atoms with Gasteiger partial charge in [0.25, 0.3) is 0 Å². The standard InChI is InChI=1S/C65H41N/c1-5-15-48-35-53(29-25-42(48)11-1)62-40-57(41-63(66-62)54-30-26-43-12-2-6-16-49(43)36-54)47-23-21-46(22-24-47)52-33-34-60-61(39-52)65(56-32-28-45-14-4-8-18-51(45)38-56)59-20-10-9-19-58(59)64(60)55-31-27-44-13-3-7-17-50(44)37-55/h1-41H. The Hall–Kier alpha value is -8.65. The minimum atomic E-state index is 0.954. The zero-order valence-electron chi connectivity index (χ0n) is 36.1. The molecule has 66 heavy (non-hydrogen) atoms. The second kappa shape index (κ2) is 15.6. The maximum Gasteiger partial charge on any atom is 0.0715 e. The number of rotatable bonds is 6. The van der Waals surface area contributed by atoms with E-state index in [1.165, 1.54) is 98.0 Å². The number of aromatic nitrogens is 1. The average Bonchev–Trinajstić information content (AvgIpc) is 3.39. The summed E-state index contributed by atoms with van der Waals surface area (Å²) in [5.41, 5.74) is 13.7. The minimum Gasteiger partial charge on any atom is -0.248 e. The van der Waals surface area contributed by atoms with E-state index in [2.05, 4.69) is 249 Å². The number of hydrogen-bond donors (Lipinski definition) is 0. The topological polar surface area (TPSA) is 12.9 Å². The van der Waals surface area contributed by atoms with Crippen LogP contribution in [-0.4, -0.2) is 4.98 Å². The van der Waals surface area contributed by atoms with Crippen molar-refractivity contribution in [2.24, 2.45) is 0 Å². The molecule has 0 N–H and O–H groups in total. The van der Waals surface area contributed by atoms with Gasteiger partial charge >= 0.3 is 0 Å². The maximum atomic E-state index is 5.32. The van der Waals surface area contributed by atoms with Crippen molar-refractivity contribution in [3.05, 3.63) is 249 Å². The first-order valence-corrected chi connectivity index (χ1v) is 22.8. The van der Waals surface area contributed by atoms with Gasteiger partial charge in [-0.1, -0.05) is 206 Å². The van der Waals surface area contributed by atoms with Crippen molar-refractivity contribution in [1.82, 2.24) is 4.98 Å². The van der Waals surface area contributed by atoms with Crippen LogP contribution in [0.25, 0.3) is 132 Å². The molecule has 13 aromatic rings. The van der Waals surface area contributed by atoms with Gasteiger partial charge in [0.05, 0.1) is 11.4 Å². The van der Waals surface area contributed by atoms with Crippen molar-refractivity contribution in [1.29, 1.82) is 0 Å². The van der Waals surface area contributed by atoms with Gasteiger partial charge in [0.2, 0.25) is 0 Å². The van der Waals surface area contributed by atoms with Crippen molar-refractivity contribution in [3.63, 3.8) is 0 Å². The average molecular weight is 836 g/mol. The van der Waals surface area contributed by atoms with E-state index in [4.69, 9.17) is 4.98 Å². The van der Waals surface area contributed by atoms with Gasteiger partial charge in [-0.15, -0.1) is 0 Å². The Labute approximate surface area is 383 Å². The van der Waals surface area contributed by atoms with Gasteiger partial charge in [-0.3, -0.25) is 0 Å². The van der Waals surface area contributed by atoms with Crippen LogP contribution < -0.4 is 0 Å². The van der Waals surface area contributed by atoms with E-state index in [0.717, 1.165) is 33.6 Å². The molecule has 306 valence electrons. The van der Waals surface area contributed by atoms with Gasteiger partial charge in [-0.05, 0) is 152 Å². The summed E-state index contributed by atoms with van der Waals surface area (Å²) in [6, 6.07) is 91.2. The van der Waals surface area contributed by atoms with Crippen LogP contribution in [0.5, 0.6) is 0 Å². The van der Waals surface area contributed by atoms with Crippen molar-refractivity contribution in [3.8, 4) is 67.0 Å². The van der Waals surface area contributed by atoms with E-state index in [1.54, 1.807) is 0 Å². The fourth-order valence-electron chi connectivity index (χ4n) is 10.2. The first-order valence-electron chi connectivity index (χ1n) is 22.8. The van der Waals surface area contributed by atoms with Crippen LogP contribution in [0.4, 0.5) is 0 Å². The second-order valence-corrected chi connectivity index (χ2v) is 17.5. The van der Waals surface area contributed by atoms with Crippen LogP contribution in [0, 0.1) is 0 Å². The molecule has 1 aromatic heterocycles. The highest BCUT2D eigenvalue weighted by atomic mass is 14.7. The van der Waals surface area contributed by atoms with Crippen molar-refractivity contribution in [2.75, 3.05) is 0 Å². The van der Waals surface area contributed by atoms with Gasteiger partial charge in [0, 0.05) is 11.1 Å². The Morgan fingerprint density at radius 1 is 0.182 bits per heavy atom. The van der Waals surface area contributed by atoms with Crippen LogP contribution in [-0.2, 0) is 0 Å². The van der Waals surface area contributed by atoms with Gasteiger partial charge < -0.3 is 0 Å². The molecule has 1 heteroatoms.